The number of furan rings is 1. The highest BCUT2D eigenvalue weighted by molar-refractivity contribution is 5.94. The van der Waals surface area contributed by atoms with E-state index in [1.165, 1.54) is 18.6 Å². The first-order valence-electron chi connectivity index (χ1n) is 3.65. The molecule has 0 aliphatic rings. The second-order valence-corrected chi connectivity index (χ2v) is 2.08. The van der Waals surface area contributed by atoms with Crippen LogP contribution in [-0.4, -0.2) is 18.7 Å². The van der Waals surface area contributed by atoms with Gasteiger partial charge in [-0.1, -0.05) is 0 Å². The lowest BCUT2D eigenvalue weighted by atomic mass is 10.3. The normalized spacial score (nSPS) is 9.31. The highest BCUT2D eigenvalue weighted by atomic mass is 16.7. The van der Waals surface area contributed by atoms with Crippen molar-refractivity contribution < 1.29 is 23.5 Å². The Morgan fingerprint density at radius 3 is 2.85 bits per heavy atom. The van der Waals surface area contributed by atoms with E-state index in [9.17, 15) is 9.59 Å². The second kappa shape index (κ2) is 4.30. The molecule has 5 heteroatoms. The van der Waals surface area contributed by atoms with E-state index in [0.29, 0.717) is 0 Å². The molecule has 0 atom stereocenters. The van der Waals surface area contributed by atoms with Gasteiger partial charge >= 0.3 is 12.1 Å². The topological polar surface area (TPSA) is 65.7 Å². The largest absolute Gasteiger partial charge is 0.516 e. The van der Waals surface area contributed by atoms with Gasteiger partial charge in [-0.15, -0.1) is 0 Å². The molecular formula is C8H8O5. The van der Waals surface area contributed by atoms with Gasteiger partial charge in [-0.3, -0.25) is 0 Å². The van der Waals surface area contributed by atoms with Crippen molar-refractivity contribution in [3.05, 3.63) is 24.2 Å². The molecule has 70 valence electrons. The predicted molar refractivity (Wildman–Crippen MR) is 41.1 cm³/mol. The molecule has 0 unspecified atom stereocenters. The molecule has 0 aliphatic heterocycles. The average molecular weight is 184 g/mol. The van der Waals surface area contributed by atoms with Crippen LogP contribution in [0.2, 0.25) is 0 Å². The molecular weight excluding hydrogens is 176 g/mol. The molecule has 1 aromatic rings. The van der Waals surface area contributed by atoms with Crippen molar-refractivity contribution in [3.63, 3.8) is 0 Å². The van der Waals surface area contributed by atoms with E-state index in [1.54, 1.807) is 6.92 Å². The predicted octanol–water partition coefficient (Wildman–Crippen LogP) is 1.59. The van der Waals surface area contributed by atoms with Crippen molar-refractivity contribution in [1.29, 1.82) is 0 Å². The van der Waals surface area contributed by atoms with E-state index in [-0.39, 0.29) is 12.2 Å². The monoisotopic (exact) mass is 184 g/mol. The number of rotatable bonds is 2. The summed E-state index contributed by atoms with van der Waals surface area (Å²) in [5.41, 5.74) is 0.174. The fourth-order valence-corrected chi connectivity index (χ4v) is 0.663. The van der Waals surface area contributed by atoms with Gasteiger partial charge in [0.15, 0.2) is 0 Å². The average Bonchev–Trinajstić information content (AvgIpc) is 2.55. The molecule has 0 fully saturated rings. The number of ether oxygens (including phenoxy) is 2. The lowest BCUT2D eigenvalue weighted by Crippen LogP contribution is -2.13. The van der Waals surface area contributed by atoms with Crippen LogP contribution in [0, 0.1) is 0 Å². The zero-order valence-corrected chi connectivity index (χ0v) is 6.98. The van der Waals surface area contributed by atoms with Crippen LogP contribution in [-0.2, 0) is 9.47 Å². The third kappa shape index (κ3) is 2.62. The summed E-state index contributed by atoms with van der Waals surface area (Å²) < 4.78 is 13.3. The molecule has 0 amide bonds. The zero-order chi connectivity index (χ0) is 9.68. The number of esters is 1. The Hall–Kier alpha value is -1.78. The number of hydrogen-bond acceptors (Lipinski definition) is 5. The van der Waals surface area contributed by atoms with Gasteiger partial charge in [0.25, 0.3) is 0 Å². The van der Waals surface area contributed by atoms with E-state index in [0.717, 1.165) is 0 Å². The third-order valence-electron chi connectivity index (χ3n) is 1.20. The van der Waals surface area contributed by atoms with Crippen molar-refractivity contribution in [1.82, 2.24) is 0 Å². The Labute approximate surface area is 74.2 Å². The molecule has 0 aromatic carbocycles. The molecule has 0 saturated heterocycles. The fourth-order valence-electron chi connectivity index (χ4n) is 0.663. The molecule has 0 radical (unpaired) electrons. The minimum Gasteiger partial charge on any atom is -0.472 e. The Morgan fingerprint density at radius 1 is 1.54 bits per heavy atom. The number of carbonyl (C=O) groups is 2. The summed E-state index contributed by atoms with van der Waals surface area (Å²) in [6.45, 7) is 1.78. The summed E-state index contributed by atoms with van der Waals surface area (Å²) in [5, 5.41) is 0. The van der Waals surface area contributed by atoms with Gasteiger partial charge in [0.1, 0.15) is 6.26 Å². The Balaban J connectivity index is 2.47. The summed E-state index contributed by atoms with van der Waals surface area (Å²) in [6.07, 6.45) is 1.48. The molecule has 1 aromatic heterocycles. The number of carbonyl (C=O) groups excluding carboxylic acids is 2. The lowest BCUT2D eigenvalue weighted by Gasteiger charge is -1.99. The van der Waals surface area contributed by atoms with Crippen LogP contribution in [0.5, 0.6) is 0 Å². The minimum atomic E-state index is -1.01. The molecule has 0 bridgehead atoms. The highest BCUT2D eigenvalue weighted by Gasteiger charge is 2.14. The highest BCUT2D eigenvalue weighted by Crippen LogP contribution is 2.02. The first kappa shape index (κ1) is 9.31. The van der Waals surface area contributed by atoms with Gasteiger partial charge in [0.2, 0.25) is 0 Å². The third-order valence-corrected chi connectivity index (χ3v) is 1.20. The summed E-state index contributed by atoms with van der Waals surface area (Å²) in [6, 6.07) is 1.39. The molecule has 0 saturated carbocycles. The van der Waals surface area contributed by atoms with Crippen molar-refractivity contribution in [3.8, 4) is 0 Å². The van der Waals surface area contributed by atoms with Crippen molar-refractivity contribution >= 4 is 12.1 Å². The van der Waals surface area contributed by atoms with Gasteiger partial charge in [0, 0.05) is 0 Å². The Morgan fingerprint density at radius 2 is 2.31 bits per heavy atom. The van der Waals surface area contributed by atoms with Gasteiger partial charge in [-0.05, 0) is 13.0 Å². The first-order valence-corrected chi connectivity index (χ1v) is 3.65. The van der Waals surface area contributed by atoms with Crippen LogP contribution in [0.15, 0.2) is 23.0 Å². The quantitative estimate of drug-likeness (QED) is 0.515. The minimum absolute atomic E-state index is 0.164. The fraction of sp³-hybridized carbons (Fsp3) is 0.250. The summed E-state index contributed by atoms with van der Waals surface area (Å²) in [7, 11) is 0. The maximum atomic E-state index is 11.0. The van der Waals surface area contributed by atoms with Crippen LogP contribution in [0.3, 0.4) is 0 Å². The van der Waals surface area contributed by atoms with Crippen molar-refractivity contribution in [2.24, 2.45) is 0 Å². The molecule has 13 heavy (non-hydrogen) atoms. The summed E-state index contributed by atoms with van der Waals surface area (Å²) in [5.74, 6) is -0.785. The number of hydrogen-bond donors (Lipinski definition) is 0. The maximum absolute atomic E-state index is 11.0. The maximum Gasteiger partial charge on any atom is 0.516 e. The van der Waals surface area contributed by atoms with Crippen LogP contribution in [0.1, 0.15) is 17.3 Å². The Kier molecular flexibility index (Phi) is 3.08. The molecule has 1 heterocycles. The van der Waals surface area contributed by atoms with E-state index < -0.39 is 12.1 Å². The van der Waals surface area contributed by atoms with E-state index in [4.69, 9.17) is 0 Å². The molecule has 5 nitrogen and oxygen atoms in total. The smallest absolute Gasteiger partial charge is 0.472 e. The van der Waals surface area contributed by atoms with Gasteiger partial charge in [-0.2, -0.15) is 0 Å². The van der Waals surface area contributed by atoms with Crippen LogP contribution in [0.4, 0.5) is 4.79 Å². The summed E-state index contributed by atoms with van der Waals surface area (Å²) >= 11 is 0. The van der Waals surface area contributed by atoms with E-state index in [1.807, 2.05) is 0 Å². The molecule has 0 N–H and O–H groups in total. The van der Waals surface area contributed by atoms with E-state index in [2.05, 4.69) is 13.9 Å². The zero-order valence-electron chi connectivity index (χ0n) is 6.98. The molecule has 1 rings (SSSR count). The van der Waals surface area contributed by atoms with Crippen molar-refractivity contribution in [2.75, 3.05) is 6.61 Å². The molecule has 0 aliphatic carbocycles. The lowest BCUT2D eigenvalue weighted by molar-refractivity contribution is 0.0401. The Bertz CT molecular complexity index is 287. The van der Waals surface area contributed by atoms with Gasteiger partial charge in [-0.25, -0.2) is 9.59 Å². The SMILES string of the molecule is CCOC(=O)OC(=O)c1ccoc1. The van der Waals surface area contributed by atoms with Crippen molar-refractivity contribution in [2.45, 2.75) is 6.92 Å². The standard InChI is InChI=1S/C8H8O5/c1-2-12-8(10)13-7(9)6-3-4-11-5-6/h3-5H,2H2,1H3. The van der Waals surface area contributed by atoms with Crippen LogP contribution >= 0.6 is 0 Å². The van der Waals surface area contributed by atoms with Gasteiger partial charge in [0.05, 0.1) is 18.4 Å². The van der Waals surface area contributed by atoms with Crippen LogP contribution in [0.25, 0.3) is 0 Å². The summed E-state index contributed by atoms with van der Waals surface area (Å²) in [4.78, 5) is 21.7. The molecule has 0 spiro atoms. The van der Waals surface area contributed by atoms with E-state index >= 15 is 0 Å². The first-order chi connectivity index (χ1) is 6.24. The second-order valence-electron chi connectivity index (χ2n) is 2.08. The van der Waals surface area contributed by atoms with Gasteiger partial charge < -0.3 is 13.9 Å². The van der Waals surface area contributed by atoms with Crippen LogP contribution < -0.4 is 0 Å².